The molecule has 1 aromatic rings. The molecule has 0 heterocycles. The van der Waals surface area contributed by atoms with E-state index in [1.807, 2.05) is 7.05 Å². The lowest BCUT2D eigenvalue weighted by Gasteiger charge is -2.21. The zero-order chi connectivity index (χ0) is 15.2. The fourth-order valence-corrected chi connectivity index (χ4v) is 2.83. The van der Waals surface area contributed by atoms with Gasteiger partial charge in [0.25, 0.3) is 5.91 Å². The lowest BCUT2D eigenvalue weighted by molar-refractivity contribution is -0.131. The topological polar surface area (TPSA) is 57.6 Å². The highest BCUT2D eigenvalue weighted by atomic mass is 16.4. The molecule has 1 N–H and O–H groups in total. The molecule has 1 fully saturated rings. The monoisotopic (exact) mass is 287 g/mol. The number of benzene rings is 1. The average molecular weight is 287 g/mol. The van der Waals surface area contributed by atoms with Crippen molar-refractivity contribution in [2.45, 2.75) is 25.7 Å². The number of carboxylic acid groups (broad SMARTS) is 1. The summed E-state index contributed by atoms with van der Waals surface area (Å²) in [4.78, 5) is 24.7. The van der Waals surface area contributed by atoms with Crippen LogP contribution in [-0.2, 0) is 4.79 Å². The Labute approximate surface area is 125 Å². The number of amides is 1. The van der Waals surface area contributed by atoms with Gasteiger partial charge in [-0.05, 0) is 42.5 Å². The van der Waals surface area contributed by atoms with E-state index in [0.717, 1.165) is 18.2 Å². The summed E-state index contributed by atoms with van der Waals surface area (Å²) in [6.45, 7) is 0.800. The molecular formula is C17H21NO3. The van der Waals surface area contributed by atoms with Gasteiger partial charge in [-0.2, -0.15) is 0 Å². The molecule has 21 heavy (non-hydrogen) atoms. The zero-order valence-electron chi connectivity index (χ0n) is 12.3. The second-order valence-electron chi connectivity index (χ2n) is 5.63. The minimum atomic E-state index is -0.995. The van der Waals surface area contributed by atoms with Crippen molar-refractivity contribution in [3.8, 4) is 0 Å². The van der Waals surface area contributed by atoms with Crippen LogP contribution in [-0.4, -0.2) is 35.5 Å². The summed E-state index contributed by atoms with van der Waals surface area (Å²) in [6.07, 6.45) is 7.52. The molecular weight excluding hydrogens is 266 g/mol. The average Bonchev–Trinajstić information content (AvgIpc) is 2.97. The van der Waals surface area contributed by atoms with Gasteiger partial charge in [-0.15, -0.1) is 0 Å². The van der Waals surface area contributed by atoms with E-state index >= 15 is 0 Å². The molecule has 0 aliphatic heterocycles. The maximum atomic E-state index is 12.4. The summed E-state index contributed by atoms with van der Waals surface area (Å²) in [5.41, 5.74) is 1.32. The zero-order valence-corrected chi connectivity index (χ0v) is 12.3. The van der Waals surface area contributed by atoms with Gasteiger partial charge in [0.2, 0.25) is 0 Å². The van der Waals surface area contributed by atoms with E-state index in [0.29, 0.717) is 11.5 Å². The summed E-state index contributed by atoms with van der Waals surface area (Å²) < 4.78 is 0. The maximum absolute atomic E-state index is 12.4. The Kier molecular flexibility index (Phi) is 5.14. The summed E-state index contributed by atoms with van der Waals surface area (Å²) >= 11 is 0. The van der Waals surface area contributed by atoms with Crippen molar-refractivity contribution >= 4 is 18.0 Å². The van der Waals surface area contributed by atoms with E-state index in [2.05, 4.69) is 0 Å². The molecule has 0 bridgehead atoms. The Balaban J connectivity index is 2.04. The van der Waals surface area contributed by atoms with Crippen LogP contribution in [0.15, 0.2) is 30.3 Å². The molecule has 0 aromatic heterocycles. The molecule has 0 spiro atoms. The quantitative estimate of drug-likeness (QED) is 0.847. The van der Waals surface area contributed by atoms with E-state index in [1.165, 1.54) is 31.8 Å². The SMILES string of the molecule is CN(CC1CCCC1)C(=O)c1cccc(C=CC(=O)O)c1. The first-order chi connectivity index (χ1) is 10.1. The van der Waals surface area contributed by atoms with Crippen LogP contribution in [0.1, 0.15) is 41.6 Å². The normalized spacial score (nSPS) is 15.5. The number of aliphatic carboxylic acids is 1. The molecule has 4 nitrogen and oxygen atoms in total. The van der Waals surface area contributed by atoms with E-state index in [1.54, 1.807) is 29.2 Å². The fraction of sp³-hybridized carbons (Fsp3) is 0.412. The minimum absolute atomic E-state index is 0.00697. The number of carbonyl (C=O) groups is 2. The largest absolute Gasteiger partial charge is 0.478 e. The summed E-state index contributed by atoms with van der Waals surface area (Å²) in [6, 6.07) is 7.06. The van der Waals surface area contributed by atoms with Gasteiger partial charge in [0.1, 0.15) is 0 Å². The van der Waals surface area contributed by atoms with Crippen LogP contribution in [0, 0.1) is 5.92 Å². The van der Waals surface area contributed by atoms with Crippen LogP contribution in [0.4, 0.5) is 0 Å². The molecule has 112 valence electrons. The Morgan fingerprint density at radius 1 is 1.33 bits per heavy atom. The van der Waals surface area contributed by atoms with Crippen molar-refractivity contribution < 1.29 is 14.7 Å². The summed E-state index contributed by atoms with van der Waals surface area (Å²) in [7, 11) is 1.83. The highest BCUT2D eigenvalue weighted by Crippen LogP contribution is 2.25. The van der Waals surface area contributed by atoms with Gasteiger partial charge in [-0.3, -0.25) is 4.79 Å². The fourth-order valence-electron chi connectivity index (χ4n) is 2.83. The molecule has 1 amide bonds. The number of carboxylic acids is 1. The highest BCUT2D eigenvalue weighted by Gasteiger charge is 2.20. The first-order valence-corrected chi connectivity index (χ1v) is 7.33. The van der Waals surface area contributed by atoms with Crippen LogP contribution < -0.4 is 0 Å². The van der Waals surface area contributed by atoms with E-state index in [9.17, 15) is 9.59 Å². The number of rotatable bonds is 5. The predicted octanol–water partition coefficient (Wildman–Crippen LogP) is 3.05. The van der Waals surface area contributed by atoms with E-state index in [4.69, 9.17) is 5.11 Å². The lowest BCUT2D eigenvalue weighted by Crippen LogP contribution is -2.31. The van der Waals surface area contributed by atoms with Crippen molar-refractivity contribution in [1.82, 2.24) is 4.90 Å². The molecule has 0 radical (unpaired) electrons. The Hall–Kier alpha value is -2.10. The third-order valence-corrected chi connectivity index (χ3v) is 3.91. The van der Waals surface area contributed by atoms with Crippen molar-refractivity contribution in [1.29, 1.82) is 0 Å². The molecule has 0 unspecified atom stereocenters. The predicted molar refractivity (Wildman–Crippen MR) is 82.0 cm³/mol. The molecule has 4 heteroatoms. The van der Waals surface area contributed by atoms with Crippen LogP contribution >= 0.6 is 0 Å². The second kappa shape index (κ2) is 7.07. The first-order valence-electron chi connectivity index (χ1n) is 7.33. The molecule has 1 aromatic carbocycles. The van der Waals surface area contributed by atoms with Crippen molar-refractivity contribution in [2.24, 2.45) is 5.92 Å². The number of hydrogen-bond acceptors (Lipinski definition) is 2. The molecule has 1 aliphatic carbocycles. The van der Waals surface area contributed by atoms with Gasteiger partial charge in [0.15, 0.2) is 0 Å². The first kappa shape index (κ1) is 15.3. The van der Waals surface area contributed by atoms with Crippen molar-refractivity contribution in [3.63, 3.8) is 0 Å². The maximum Gasteiger partial charge on any atom is 0.328 e. The molecule has 2 rings (SSSR count). The molecule has 0 atom stereocenters. The van der Waals surface area contributed by atoms with Crippen LogP contribution in [0.5, 0.6) is 0 Å². The van der Waals surface area contributed by atoms with E-state index < -0.39 is 5.97 Å². The number of nitrogens with zero attached hydrogens (tertiary/aromatic N) is 1. The molecule has 1 aliphatic rings. The van der Waals surface area contributed by atoms with Crippen molar-refractivity contribution in [3.05, 3.63) is 41.5 Å². The van der Waals surface area contributed by atoms with Crippen LogP contribution in [0.2, 0.25) is 0 Å². The Morgan fingerprint density at radius 3 is 2.71 bits per heavy atom. The van der Waals surface area contributed by atoms with Gasteiger partial charge in [-0.25, -0.2) is 4.79 Å². The van der Waals surface area contributed by atoms with Gasteiger partial charge in [-0.1, -0.05) is 25.0 Å². The van der Waals surface area contributed by atoms with Gasteiger partial charge < -0.3 is 10.0 Å². The number of carbonyl (C=O) groups excluding carboxylic acids is 1. The molecule has 0 saturated heterocycles. The lowest BCUT2D eigenvalue weighted by atomic mass is 10.1. The van der Waals surface area contributed by atoms with Crippen LogP contribution in [0.3, 0.4) is 0 Å². The van der Waals surface area contributed by atoms with Gasteiger partial charge in [0.05, 0.1) is 0 Å². The standard InChI is InChI=1S/C17H21NO3/c1-18(12-14-5-2-3-6-14)17(21)15-8-4-7-13(11-15)9-10-16(19)20/h4,7-11,14H,2-3,5-6,12H2,1H3,(H,19,20). The van der Waals surface area contributed by atoms with Crippen molar-refractivity contribution in [2.75, 3.05) is 13.6 Å². The Morgan fingerprint density at radius 2 is 2.05 bits per heavy atom. The van der Waals surface area contributed by atoms with Gasteiger partial charge >= 0.3 is 5.97 Å². The smallest absolute Gasteiger partial charge is 0.328 e. The van der Waals surface area contributed by atoms with Gasteiger partial charge in [0, 0.05) is 25.2 Å². The second-order valence-corrected chi connectivity index (χ2v) is 5.63. The highest BCUT2D eigenvalue weighted by molar-refractivity contribution is 5.95. The Bertz CT molecular complexity index is 545. The third kappa shape index (κ3) is 4.45. The third-order valence-electron chi connectivity index (χ3n) is 3.91. The van der Waals surface area contributed by atoms with E-state index in [-0.39, 0.29) is 5.91 Å². The minimum Gasteiger partial charge on any atom is -0.478 e. The molecule has 1 saturated carbocycles. The summed E-state index contributed by atoms with van der Waals surface area (Å²) in [5.74, 6) is -0.383. The summed E-state index contributed by atoms with van der Waals surface area (Å²) in [5, 5.41) is 8.64. The van der Waals surface area contributed by atoms with Crippen LogP contribution in [0.25, 0.3) is 6.08 Å². The number of hydrogen-bond donors (Lipinski definition) is 1.